The van der Waals surface area contributed by atoms with E-state index >= 15 is 0 Å². The zero-order valence-electron chi connectivity index (χ0n) is 29.2. The highest BCUT2D eigenvalue weighted by atomic mass is 32.2. The fourth-order valence-corrected chi connectivity index (χ4v) is 9.18. The van der Waals surface area contributed by atoms with Crippen molar-refractivity contribution < 1.29 is 18.3 Å². The van der Waals surface area contributed by atoms with Crippen LogP contribution >= 0.6 is 11.8 Å². The van der Waals surface area contributed by atoms with Crippen LogP contribution in [-0.4, -0.2) is 77.9 Å². The third kappa shape index (κ3) is 8.33. The summed E-state index contributed by atoms with van der Waals surface area (Å²) in [7, 11) is -3.76. The third-order valence-corrected chi connectivity index (χ3v) is 11.8. The Morgan fingerprint density at radius 1 is 1.04 bits per heavy atom. The van der Waals surface area contributed by atoms with Gasteiger partial charge in [-0.1, -0.05) is 85.5 Å². The van der Waals surface area contributed by atoms with Crippen molar-refractivity contribution in [2.75, 3.05) is 47.5 Å². The Balaban J connectivity index is 1.63. The summed E-state index contributed by atoms with van der Waals surface area (Å²) in [6.07, 6.45) is 11.1. The smallest absolute Gasteiger partial charge is 0.323 e. The zero-order valence-corrected chi connectivity index (χ0v) is 30.9. The highest BCUT2D eigenvalue weighted by Gasteiger charge is 2.59. The summed E-state index contributed by atoms with van der Waals surface area (Å²) in [5, 5.41) is 21.7. The van der Waals surface area contributed by atoms with Gasteiger partial charge < -0.3 is 15.3 Å². The van der Waals surface area contributed by atoms with Gasteiger partial charge in [-0.05, 0) is 44.0 Å². The predicted octanol–water partition coefficient (Wildman–Crippen LogP) is 6.48. The van der Waals surface area contributed by atoms with Crippen molar-refractivity contribution >= 4 is 44.7 Å². The van der Waals surface area contributed by atoms with E-state index in [1.54, 1.807) is 4.90 Å². The number of likely N-dealkylation sites (N-methyl/N-ethyl adjacent to an activating group) is 1. The Hall–Kier alpha value is -2.64. The first-order chi connectivity index (χ1) is 22.4. The second-order valence-electron chi connectivity index (χ2n) is 13.6. The molecule has 1 aromatic carbocycles. The number of hydrogen-bond donors (Lipinski definition) is 2. The van der Waals surface area contributed by atoms with Crippen molar-refractivity contribution in [3.05, 3.63) is 29.6 Å². The van der Waals surface area contributed by atoms with Gasteiger partial charge in [0.25, 0.3) is 5.16 Å². The van der Waals surface area contributed by atoms with Crippen LogP contribution < -0.4 is 15.1 Å². The molecule has 2 aliphatic rings. The van der Waals surface area contributed by atoms with Crippen LogP contribution in [0.4, 0.5) is 16.2 Å². The van der Waals surface area contributed by atoms with Gasteiger partial charge in [0.2, 0.25) is 9.84 Å². The van der Waals surface area contributed by atoms with Crippen LogP contribution in [0.2, 0.25) is 0 Å². The maximum absolute atomic E-state index is 14.0. The molecule has 1 aromatic heterocycles. The number of aliphatic hydroxyl groups excluding tert-OH is 1. The highest BCUT2D eigenvalue weighted by molar-refractivity contribution is 8.01. The number of carbonyl (C=O) groups excluding carboxylic acids is 1. The van der Waals surface area contributed by atoms with Gasteiger partial charge in [0.15, 0.2) is 10.7 Å². The van der Waals surface area contributed by atoms with Crippen LogP contribution in [0.25, 0.3) is 0 Å². The van der Waals surface area contributed by atoms with E-state index in [1.807, 2.05) is 52.8 Å². The first-order valence-electron chi connectivity index (χ1n) is 17.4. The largest absolute Gasteiger partial charge is 0.395 e. The molecule has 2 aromatic rings. The molecule has 3 heterocycles. The number of thioether (sulfide) groups is 1. The van der Waals surface area contributed by atoms with Crippen LogP contribution in [0.15, 0.2) is 28.5 Å². The highest BCUT2D eigenvalue weighted by Crippen LogP contribution is 2.51. The number of benzene rings is 1. The summed E-state index contributed by atoms with van der Waals surface area (Å²) in [6, 6.07) is 5.58. The first-order valence-corrected chi connectivity index (χ1v) is 20.0. The quantitative estimate of drug-likeness (QED) is 0.181. The first kappa shape index (κ1) is 37.2. The molecular formula is C34H55N7O4S2. The number of aliphatic hydroxyl groups is 1. The minimum Gasteiger partial charge on any atom is -0.395 e. The van der Waals surface area contributed by atoms with Crippen LogP contribution in [0, 0.1) is 12.3 Å². The van der Waals surface area contributed by atoms with Crippen molar-refractivity contribution in [2.45, 2.75) is 116 Å². The van der Waals surface area contributed by atoms with Crippen molar-refractivity contribution in [3.63, 3.8) is 0 Å². The van der Waals surface area contributed by atoms with Gasteiger partial charge in [-0.2, -0.15) is 10.1 Å². The Kier molecular flexibility index (Phi) is 12.8. The number of unbranched alkanes of at least 4 members (excludes halogenated alkanes) is 9. The van der Waals surface area contributed by atoms with Crippen molar-refractivity contribution in [1.82, 2.24) is 20.2 Å². The van der Waals surface area contributed by atoms with Gasteiger partial charge in [0.1, 0.15) is 0 Å². The normalized spacial score (nSPS) is 18.3. The van der Waals surface area contributed by atoms with Gasteiger partial charge in [0, 0.05) is 36.5 Å². The number of aryl methyl sites for hydroxylation is 1. The minimum atomic E-state index is -3.76. The van der Waals surface area contributed by atoms with Gasteiger partial charge in [-0.25, -0.2) is 13.2 Å². The molecule has 262 valence electrons. The van der Waals surface area contributed by atoms with Crippen LogP contribution in [-0.2, 0) is 14.7 Å². The number of sulfone groups is 1. The number of nitrogens with one attached hydrogen (secondary N) is 1. The molecule has 2 aliphatic heterocycles. The molecule has 13 heteroatoms. The van der Waals surface area contributed by atoms with E-state index < -0.39 is 20.1 Å². The Morgan fingerprint density at radius 2 is 1.70 bits per heavy atom. The molecule has 11 nitrogen and oxygen atoms in total. The monoisotopic (exact) mass is 689 g/mol. The molecule has 0 aliphatic carbocycles. The minimum absolute atomic E-state index is 0.0184. The lowest BCUT2D eigenvalue weighted by Gasteiger charge is -2.42. The van der Waals surface area contributed by atoms with Crippen LogP contribution in [0.5, 0.6) is 0 Å². The summed E-state index contributed by atoms with van der Waals surface area (Å²) >= 11 is 1.52. The number of urea groups is 1. The molecule has 2 N–H and O–H groups in total. The number of anilines is 2. The standard InChI is InChI=1S/C34H55N7O4S2/c1-7-9-10-11-12-13-14-15-16-17-24-47(44,45)31-36-30-34(29(33(4,5)6)37-41(30)38-31)40(32(43)35-20-23-46-34)28-19-18-27(25-26(28)3)39(8-2)21-22-42/h18-19,25,42H,7-17,20-24H2,1-6H3,(H,35,43). The lowest BCUT2D eigenvalue weighted by Crippen LogP contribution is -2.56. The van der Waals surface area contributed by atoms with Crippen LogP contribution in [0.1, 0.15) is 110 Å². The van der Waals surface area contributed by atoms with Gasteiger partial charge >= 0.3 is 6.03 Å². The van der Waals surface area contributed by atoms with E-state index in [9.17, 15) is 18.3 Å². The molecule has 1 unspecified atom stereocenters. The average molecular weight is 690 g/mol. The molecule has 4 rings (SSSR count). The molecule has 1 atom stereocenters. The van der Waals surface area contributed by atoms with E-state index in [4.69, 9.17) is 10.1 Å². The number of hydrogen-bond acceptors (Lipinski definition) is 9. The van der Waals surface area contributed by atoms with Crippen LogP contribution in [0.3, 0.4) is 0 Å². The van der Waals surface area contributed by atoms with Gasteiger partial charge in [-0.15, -0.1) is 21.7 Å². The van der Waals surface area contributed by atoms with E-state index in [-0.39, 0.29) is 23.5 Å². The second kappa shape index (κ2) is 16.2. The summed E-state index contributed by atoms with van der Waals surface area (Å²) < 4.78 is 27.1. The van der Waals surface area contributed by atoms with Crippen molar-refractivity contribution in [2.24, 2.45) is 10.5 Å². The topological polar surface area (TPSA) is 133 Å². The number of rotatable bonds is 17. The Bertz CT molecular complexity index is 1500. The molecule has 0 saturated carbocycles. The molecule has 0 radical (unpaired) electrons. The summed E-state index contributed by atoms with van der Waals surface area (Å²) in [5.74, 6) is 0.877. The van der Waals surface area contributed by atoms with E-state index in [1.165, 1.54) is 55.1 Å². The molecule has 2 amide bonds. The number of fused-ring (bicyclic) bond motifs is 2. The van der Waals surface area contributed by atoms with Gasteiger partial charge in [0.05, 0.1) is 23.8 Å². The lowest BCUT2D eigenvalue weighted by molar-refractivity contribution is 0.245. The van der Waals surface area contributed by atoms with E-state index in [2.05, 4.69) is 22.2 Å². The Morgan fingerprint density at radius 3 is 2.30 bits per heavy atom. The second-order valence-corrected chi connectivity index (χ2v) is 16.9. The van der Waals surface area contributed by atoms with Crippen molar-refractivity contribution in [3.8, 4) is 0 Å². The van der Waals surface area contributed by atoms with Crippen molar-refractivity contribution in [1.29, 1.82) is 0 Å². The van der Waals surface area contributed by atoms with E-state index in [0.717, 1.165) is 37.1 Å². The third-order valence-electron chi connectivity index (χ3n) is 8.89. The fourth-order valence-electron chi connectivity index (χ4n) is 6.44. The molecule has 1 saturated heterocycles. The van der Waals surface area contributed by atoms with E-state index in [0.29, 0.717) is 42.5 Å². The average Bonchev–Trinajstić information content (AvgIpc) is 3.54. The molecule has 1 fully saturated rings. The predicted molar refractivity (Wildman–Crippen MR) is 192 cm³/mol. The summed E-state index contributed by atoms with van der Waals surface area (Å²) in [6.45, 7) is 14.0. The zero-order chi connectivity index (χ0) is 34.2. The number of aromatic nitrogens is 3. The maximum atomic E-state index is 14.0. The number of carbonyl (C=O) groups is 1. The SMILES string of the molecule is CCCCCCCCCCCCS(=O)(=O)c1nc2n(n1)N=C(C(C)(C)C)C21SCCNC(=O)N1c1ccc(N(CC)CCO)cc1C. The summed E-state index contributed by atoms with van der Waals surface area (Å²) in [4.78, 5) is 22.6. The molecule has 1 spiro atoms. The Labute approximate surface area is 285 Å². The van der Waals surface area contributed by atoms with Gasteiger partial charge in [-0.3, -0.25) is 4.90 Å². The lowest BCUT2D eigenvalue weighted by atomic mass is 9.84. The number of amides is 2. The molecular weight excluding hydrogens is 635 g/mol. The molecule has 47 heavy (non-hydrogen) atoms. The summed E-state index contributed by atoms with van der Waals surface area (Å²) in [5.41, 5.74) is 2.65. The molecule has 0 bridgehead atoms. The fraction of sp³-hybridized carbons (Fsp3) is 0.706. The maximum Gasteiger partial charge on any atom is 0.323 e. The number of nitrogens with zero attached hydrogens (tertiary/aromatic N) is 6.